The lowest BCUT2D eigenvalue weighted by Crippen LogP contribution is -2.43. The number of hydrogen-bond donors (Lipinski definition) is 1. The summed E-state index contributed by atoms with van der Waals surface area (Å²) in [5.74, 6) is -5.52. The number of carbonyl (C=O) groups excluding carboxylic acids is 2. The first-order valence-electron chi connectivity index (χ1n) is 6.62. The Balaban J connectivity index is 1.83. The molecule has 0 saturated heterocycles. The van der Waals surface area contributed by atoms with Crippen molar-refractivity contribution in [2.45, 2.75) is 6.42 Å². The minimum absolute atomic E-state index is 0.200. The molecule has 0 unspecified atom stereocenters. The minimum Gasteiger partial charge on any atom is -0.550 e. The highest BCUT2D eigenvalue weighted by Gasteiger charge is 2.48. The van der Waals surface area contributed by atoms with Gasteiger partial charge in [-0.25, -0.2) is 8.78 Å². The molecule has 4 atom stereocenters. The van der Waals surface area contributed by atoms with E-state index < -0.39 is 35.3 Å². The van der Waals surface area contributed by atoms with Crippen LogP contribution in [0.3, 0.4) is 0 Å². The molecular weight excluding hydrogens is 280 g/mol. The largest absolute Gasteiger partial charge is 0.550 e. The van der Waals surface area contributed by atoms with Gasteiger partial charge in [-0.3, -0.25) is 4.79 Å². The van der Waals surface area contributed by atoms with Gasteiger partial charge in [0.2, 0.25) is 5.91 Å². The number of allylic oxidation sites excluding steroid dienone is 2. The van der Waals surface area contributed by atoms with E-state index in [1.165, 1.54) is 0 Å². The summed E-state index contributed by atoms with van der Waals surface area (Å²) in [5.41, 5.74) is -0.288. The zero-order valence-electron chi connectivity index (χ0n) is 10.9. The van der Waals surface area contributed by atoms with Crippen molar-refractivity contribution in [2.24, 2.45) is 23.7 Å². The average Bonchev–Trinajstić information content (AvgIpc) is 3.03. The number of carboxylic acids is 1. The van der Waals surface area contributed by atoms with Crippen molar-refractivity contribution >= 4 is 17.6 Å². The van der Waals surface area contributed by atoms with Gasteiger partial charge in [0.15, 0.2) is 0 Å². The topological polar surface area (TPSA) is 69.2 Å². The Bertz CT molecular complexity index is 644. The van der Waals surface area contributed by atoms with E-state index in [4.69, 9.17) is 0 Å². The zero-order chi connectivity index (χ0) is 15.1. The molecule has 1 saturated carbocycles. The number of halogens is 2. The van der Waals surface area contributed by atoms with Crippen LogP contribution in [0.25, 0.3) is 0 Å². The summed E-state index contributed by atoms with van der Waals surface area (Å²) >= 11 is 0. The number of fused-ring (bicyclic) bond motifs is 2. The van der Waals surface area contributed by atoms with Gasteiger partial charge in [-0.05, 0) is 30.4 Å². The third-order valence-corrected chi connectivity index (χ3v) is 4.22. The number of carbonyl (C=O) groups is 2. The highest BCUT2D eigenvalue weighted by Crippen LogP contribution is 2.48. The van der Waals surface area contributed by atoms with Crippen LogP contribution in [0.15, 0.2) is 30.4 Å². The molecule has 1 N–H and O–H groups in total. The number of anilines is 1. The standard InChI is InChI=1S/C15H13F2NO3/c16-9-3-4-10(17)11(6-9)18-14(19)12-7-1-2-8(5-7)13(12)15(20)21/h1-4,6-8,12-13H,5H2,(H,18,19)(H,20,21)/p-1/t7-,8+,12+,13+/m1/s1. The van der Waals surface area contributed by atoms with E-state index in [2.05, 4.69) is 5.32 Å². The first-order valence-corrected chi connectivity index (χ1v) is 6.62. The summed E-state index contributed by atoms with van der Waals surface area (Å²) in [6, 6.07) is 2.71. The van der Waals surface area contributed by atoms with E-state index in [-0.39, 0.29) is 17.5 Å². The van der Waals surface area contributed by atoms with Crippen LogP contribution in [0.1, 0.15) is 6.42 Å². The number of nitrogens with one attached hydrogen (secondary N) is 1. The van der Waals surface area contributed by atoms with Crippen LogP contribution in [0, 0.1) is 35.3 Å². The molecule has 0 aromatic heterocycles. The van der Waals surface area contributed by atoms with Crippen LogP contribution in [0.5, 0.6) is 0 Å². The summed E-state index contributed by atoms with van der Waals surface area (Å²) in [4.78, 5) is 23.5. The molecule has 6 heteroatoms. The number of amides is 1. The van der Waals surface area contributed by atoms with Gasteiger partial charge < -0.3 is 15.2 Å². The fourth-order valence-corrected chi connectivity index (χ4v) is 3.31. The molecule has 0 spiro atoms. The van der Waals surface area contributed by atoms with E-state index in [1.54, 1.807) is 12.2 Å². The van der Waals surface area contributed by atoms with Crippen molar-refractivity contribution in [3.63, 3.8) is 0 Å². The maximum atomic E-state index is 13.5. The van der Waals surface area contributed by atoms with Gasteiger partial charge in [0.25, 0.3) is 0 Å². The lowest BCUT2D eigenvalue weighted by Gasteiger charge is -2.27. The Morgan fingerprint density at radius 1 is 1.14 bits per heavy atom. The predicted molar refractivity (Wildman–Crippen MR) is 67.7 cm³/mol. The average molecular weight is 292 g/mol. The van der Waals surface area contributed by atoms with E-state index in [9.17, 15) is 23.5 Å². The van der Waals surface area contributed by atoms with Gasteiger partial charge in [0.1, 0.15) is 11.6 Å². The molecule has 4 nitrogen and oxygen atoms in total. The summed E-state index contributed by atoms with van der Waals surface area (Å²) in [6.07, 6.45) is 4.15. The van der Waals surface area contributed by atoms with E-state index in [0.29, 0.717) is 6.42 Å². The molecule has 110 valence electrons. The quantitative estimate of drug-likeness (QED) is 0.848. The Morgan fingerprint density at radius 3 is 2.48 bits per heavy atom. The second kappa shape index (κ2) is 4.95. The molecule has 2 bridgehead atoms. The molecule has 2 aliphatic carbocycles. The summed E-state index contributed by atoms with van der Waals surface area (Å²) < 4.78 is 26.6. The lowest BCUT2D eigenvalue weighted by atomic mass is 9.82. The molecule has 0 heterocycles. The van der Waals surface area contributed by atoms with Gasteiger partial charge in [0.05, 0.1) is 11.6 Å². The molecular formula is C15H12F2NO3-. The first kappa shape index (κ1) is 13.7. The van der Waals surface area contributed by atoms with Gasteiger partial charge in [-0.2, -0.15) is 0 Å². The van der Waals surface area contributed by atoms with Crippen molar-refractivity contribution in [1.29, 1.82) is 0 Å². The molecule has 1 aromatic rings. The third-order valence-electron chi connectivity index (χ3n) is 4.22. The monoisotopic (exact) mass is 292 g/mol. The Hall–Kier alpha value is -2.24. The molecule has 1 aromatic carbocycles. The van der Waals surface area contributed by atoms with Crippen molar-refractivity contribution in [1.82, 2.24) is 0 Å². The first-order chi connectivity index (χ1) is 9.97. The zero-order valence-corrected chi connectivity index (χ0v) is 10.9. The van der Waals surface area contributed by atoms with E-state index in [0.717, 1.165) is 18.2 Å². The maximum absolute atomic E-state index is 13.5. The van der Waals surface area contributed by atoms with Crippen molar-refractivity contribution in [3.8, 4) is 0 Å². The fourth-order valence-electron chi connectivity index (χ4n) is 3.31. The number of carboxylic acid groups (broad SMARTS) is 1. The highest BCUT2D eigenvalue weighted by atomic mass is 19.1. The highest BCUT2D eigenvalue weighted by molar-refractivity contribution is 5.96. The van der Waals surface area contributed by atoms with Crippen LogP contribution in [0.2, 0.25) is 0 Å². The Morgan fingerprint density at radius 2 is 1.81 bits per heavy atom. The van der Waals surface area contributed by atoms with Crippen LogP contribution in [0.4, 0.5) is 14.5 Å². The maximum Gasteiger partial charge on any atom is 0.228 e. The second-order valence-electron chi connectivity index (χ2n) is 5.43. The second-order valence-corrected chi connectivity index (χ2v) is 5.43. The Labute approximate surface area is 119 Å². The van der Waals surface area contributed by atoms with Gasteiger partial charge >= 0.3 is 0 Å². The third kappa shape index (κ3) is 2.30. The minimum atomic E-state index is -1.29. The van der Waals surface area contributed by atoms with Gasteiger partial charge in [-0.1, -0.05) is 12.2 Å². The number of hydrogen-bond acceptors (Lipinski definition) is 3. The van der Waals surface area contributed by atoms with Crippen molar-refractivity contribution in [3.05, 3.63) is 42.0 Å². The van der Waals surface area contributed by atoms with Crippen LogP contribution >= 0.6 is 0 Å². The van der Waals surface area contributed by atoms with Crippen molar-refractivity contribution in [2.75, 3.05) is 5.32 Å². The van der Waals surface area contributed by atoms with Crippen molar-refractivity contribution < 1.29 is 23.5 Å². The molecule has 1 amide bonds. The number of rotatable bonds is 3. The molecule has 2 aliphatic rings. The van der Waals surface area contributed by atoms with Gasteiger partial charge in [0, 0.05) is 18.0 Å². The SMILES string of the molecule is O=C(Nc1cc(F)ccc1F)[C@@H]1[C@@H](C(=O)[O-])[C@H]2C=C[C@@H]1C2. The van der Waals surface area contributed by atoms with Gasteiger partial charge in [-0.15, -0.1) is 0 Å². The molecule has 0 radical (unpaired) electrons. The number of benzene rings is 1. The predicted octanol–water partition coefficient (Wildman–Crippen LogP) is 1.09. The van der Waals surface area contributed by atoms with E-state index >= 15 is 0 Å². The lowest BCUT2D eigenvalue weighted by molar-refractivity contribution is -0.313. The normalized spacial score (nSPS) is 29.6. The van der Waals surface area contributed by atoms with Crippen LogP contribution in [-0.4, -0.2) is 11.9 Å². The number of aliphatic carboxylic acids is 1. The fraction of sp³-hybridized carbons (Fsp3) is 0.333. The Kier molecular flexibility index (Phi) is 3.23. The molecule has 1 fully saturated rings. The molecule has 21 heavy (non-hydrogen) atoms. The van der Waals surface area contributed by atoms with Crippen LogP contribution in [-0.2, 0) is 9.59 Å². The van der Waals surface area contributed by atoms with Crippen LogP contribution < -0.4 is 10.4 Å². The summed E-state index contributed by atoms with van der Waals surface area (Å²) in [5, 5.41) is 13.5. The van der Waals surface area contributed by atoms with E-state index in [1.807, 2.05) is 0 Å². The summed E-state index contributed by atoms with van der Waals surface area (Å²) in [7, 11) is 0. The molecule has 0 aliphatic heterocycles. The smallest absolute Gasteiger partial charge is 0.228 e. The molecule has 3 rings (SSSR count). The summed E-state index contributed by atoms with van der Waals surface area (Å²) in [6.45, 7) is 0.